The number of rotatable bonds is 6. The second-order valence-corrected chi connectivity index (χ2v) is 5.55. The van der Waals surface area contributed by atoms with E-state index in [0.29, 0.717) is 13.2 Å². The standard InChI is InChI=1S/C17H25NO3/c1-3-20-16-9-7-14(8-10-16)12-18-11-5-6-15(13-18)17(19)21-4-2/h7-10,15H,3-6,11-13H2,1-2H3/p+1/t15-/m0/s1. The van der Waals surface area contributed by atoms with Crippen LogP contribution in [-0.2, 0) is 16.1 Å². The summed E-state index contributed by atoms with van der Waals surface area (Å²) in [5.74, 6) is 0.956. The summed E-state index contributed by atoms with van der Waals surface area (Å²) >= 11 is 0. The Balaban J connectivity index is 1.88. The van der Waals surface area contributed by atoms with Gasteiger partial charge in [0.1, 0.15) is 18.2 Å². The van der Waals surface area contributed by atoms with Gasteiger partial charge in [-0.05, 0) is 51.0 Å². The van der Waals surface area contributed by atoms with Crippen LogP contribution >= 0.6 is 0 Å². The predicted molar refractivity (Wildman–Crippen MR) is 81.4 cm³/mol. The van der Waals surface area contributed by atoms with Gasteiger partial charge in [0.2, 0.25) is 0 Å². The van der Waals surface area contributed by atoms with Crippen molar-refractivity contribution in [1.29, 1.82) is 0 Å². The second kappa shape index (κ2) is 8.03. The van der Waals surface area contributed by atoms with Crippen molar-refractivity contribution in [3.63, 3.8) is 0 Å². The minimum atomic E-state index is -0.0265. The highest BCUT2D eigenvalue weighted by Crippen LogP contribution is 2.13. The van der Waals surface area contributed by atoms with Crippen LogP contribution in [0.2, 0.25) is 0 Å². The minimum Gasteiger partial charge on any atom is -0.494 e. The normalized spacial score (nSPS) is 21.8. The molecule has 0 bridgehead atoms. The van der Waals surface area contributed by atoms with Crippen molar-refractivity contribution in [1.82, 2.24) is 0 Å². The maximum Gasteiger partial charge on any atom is 0.314 e. The van der Waals surface area contributed by atoms with Crippen molar-refractivity contribution in [2.24, 2.45) is 5.92 Å². The average molecular weight is 292 g/mol. The summed E-state index contributed by atoms with van der Waals surface area (Å²) in [5.41, 5.74) is 1.29. The number of carbonyl (C=O) groups excluding carboxylic acids is 1. The Hall–Kier alpha value is -1.55. The summed E-state index contributed by atoms with van der Waals surface area (Å²) < 4.78 is 10.6. The number of nitrogens with one attached hydrogen (secondary N) is 1. The number of carbonyl (C=O) groups is 1. The van der Waals surface area contributed by atoms with Gasteiger partial charge < -0.3 is 14.4 Å². The first-order valence-electron chi connectivity index (χ1n) is 7.94. The zero-order chi connectivity index (χ0) is 15.1. The molecular formula is C17H26NO3+. The molecule has 1 unspecified atom stereocenters. The number of quaternary nitrogens is 1. The lowest BCUT2D eigenvalue weighted by atomic mass is 9.98. The van der Waals surface area contributed by atoms with Gasteiger partial charge in [0.15, 0.2) is 0 Å². The summed E-state index contributed by atoms with van der Waals surface area (Å²) in [6, 6.07) is 8.27. The molecule has 21 heavy (non-hydrogen) atoms. The predicted octanol–water partition coefficient (Wildman–Crippen LogP) is 1.44. The van der Waals surface area contributed by atoms with Crippen LogP contribution in [-0.4, -0.2) is 32.3 Å². The number of ether oxygens (including phenoxy) is 2. The van der Waals surface area contributed by atoms with Gasteiger partial charge in [-0.25, -0.2) is 0 Å². The Kier molecular flexibility index (Phi) is 6.05. The Morgan fingerprint density at radius 1 is 1.24 bits per heavy atom. The molecule has 0 spiro atoms. The van der Waals surface area contributed by atoms with E-state index in [-0.39, 0.29) is 11.9 Å². The van der Waals surface area contributed by atoms with Gasteiger partial charge in [0.05, 0.1) is 26.3 Å². The Morgan fingerprint density at radius 2 is 2.00 bits per heavy atom. The summed E-state index contributed by atoms with van der Waals surface area (Å²) in [4.78, 5) is 13.3. The molecule has 2 rings (SSSR count). The summed E-state index contributed by atoms with van der Waals surface area (Å²) in [7, 11) is 0. The van der Waals surface area contributed by atoms with E-state index in [9.17, 15) is 4.79 Å². The lowest BCUT2D eigenvalue weighted by Crippen LogP contribution is -3.12. The van der Waals surface area contributed by atoms with Gasteiger partial charge in [0.25, 0.3) is 0 Å². The number of hydrogen-bond acceptors (Lipinski definition) is 3. The third-order valence-electron chi connectivity index (χ3n) is 3.93. The Labute approximate surface area is 127 Å². The molecule has 1 aromatic rings. The number of esters is 1. The quantitative estimate of drug-likeness (QED) is 0.807. The Morgan fingerprint density at radius 3 is 2.67 bits per heavy atom. The lowest BCUT2D eigenvalue weighted by Gasteiger charge is -2.28. The van der Waals surface area contributed by atoms with Crippen LogP contribution in [0.1, 0.15) is 32.3 Å². The maximum atomic E-state index is 11.9. The van der Waals surface area contributed by atoms with E-state index < -0.39 is 0 Å². The van der Waals surface area contributed by atoms with Gasteiger partial charge >= 0.3 is 5.97 Å². The van der Waals surface area contributed by atoms with Crippen LogP contribution in [0.4, 0.5) is 0 Å². The van der Waals surface area contributed by atoms with Crippen molar-refractivity contribution in [3.05, 3.63) is 29.8 Å². The van der Waals surface area contributed by atoms with Gasteiger partial charge in [-0.2, -0.15) is 0 Å². The van der Waals surface area contributed by atoms with Crippen molar-refractivity contribution in [2.45, 2.75) is 33.2 Å². The molecule has 0 saturated carbocycles. The first-order valence-corrected chi connectivity index (χ1v) is 7.94. The summed E-state index contributed by atoms with van der Waals surface area (Å²) in [6.07, 6.45) is 2.06. The van der Waals surface area contributed by atoms with Crippen molar-refractivity contribution >= 4 is 5.97 Å². The molecule has 1 aliphatic rings. The smallest absolute Gasteiger partial charge is 0.314 e. The van der Waals surface area contributed by atoms with Crippen LogP contribution in [0.15, 0.2) is 24.3 Å². The fraction of sp³-hybridized carbons (Fsp3) is 0.588. The first-order chi connectivity index (χ1) is 10.2. The number of piperidine rings is 1. The molecule has 4 heteroatoms. The molecule has 1 heterocycles. The minimum absolute atomic E-state index is 0.0265. The lowest BCUT2D eigenvalue weighted by molar-refractivity contribution is -0.921. The topological polar surface area (TPSA) is 40.0 Å². The third kappa shape index (κ3) is 4.74. The fourth-order valence-corrected chi connectivity index (χ4v) is 2.93. The Bertz CT molecular complexity index is 444. The molecule has 1 fully saturated rings. The van der Waals surface area contributed by atoms with Crippen molar-refractivity contribution in [3.8, 4) is 5.75 Å². The van der Waals surface area contributed by atoms with E-state index in [4.69, 9.17) is 9.47 Å². The summed E-state index contributed by atoms with van der Waals surface area (Å²) in [6.45, 7) is 7.99. The van der Waals surface area contributed by atoms with Crippen LogP contribution in [0.5, 0.6) is 5.75 Å². The van der Waals surface area contributed by atoms with Gasteiger partial charge in [0, 0.05) is 5.56 Å². The van der Waals surface area contributed by atoms with E-state index in [1.165, 1.54) is 10.5 Å². The molecule has 0 amide bonds. The van der Waals surface area contributed by atoms with Crippen LogP contribution < -0.4 is 9.64 Å². The SMILES string of the molecule is CCOC(=O)[C@H]1CCC[NH+](Cc2ccc(OCC)cc2)C1. The number of benzene rings is 1. The molecule has 0 radical (unpaired) electrons. The highest BCUT2D eigenvalue weighted by Gasteiger charge is 2.29. The van der Waals surface area contributed by atoms with Crippen molar-refractivity contribution < 1.29 is 19.2 Å². The number of likely N-dealkylation sites (tertiary alicyclic amines) is 1. The number of hydrogen-bond donors (Lipinski definition) is 1. The van der Waals surface area contributed by atoms with Gasteiger partial charge in [-0.1, -0.05) is 0 Å². The highest BCUT2D eigenvalue weighted by atomic mass is 16.5. The maximum absolute atomic E-state index is 11.9. The molecule has 1 aromatic carbocycles. The zero-order valence-electron chi connectivity index (χ0n) is 13.1. The van der Waals surface area contributed by atoms with Crippen LogP contribution in [0, 0.1) is 5.92 Å². The van der Waals surface area contributed by atoms with Gasteiger partial charge in [-0.3, -0.25) is 4.79 Å². The van der Waals surface area contributed by atoms with E-state index >= 15 is 0 Å². The average Bonchev–Trinajstić information content (AvgIpc) is 2.50. The van der Waals surface area contributed by atoms with Crippen LogP contribution in [0.3, 0.4) is 0 Å². The van der Waals surface area contributed by atoms with Crippen LogP contribution in [0.25, 0.3) is 0 Å². The molecule has 2 atom stereocenters. The molecule has 1 saturated heterocycles. The van der Waals surface area contributed by atoms with E-state index in [2.05, 4.69) is 12.1 Å². The second-order valence-electron chi connectivity index (χ2n) is 5.55. The van der Waals surface area contributed by atoms with Crippen molar-refractivity contribution in [2.75, 3.05) is 26.3 Å². The molecule has 0 aliphatic carbocycles. The molecule has 1 aliphatic heterocycles. The molecule has 0 aromatic heterocycles. The molecule has 116 valence electrons. The summed E-state index contributed by atoms with van der Waals surface area (Å²) in [5, 5.41) is 0. The highest BCUT2D eigenvalue weighted by molar-refractivity contribution is 5.72. The van der Waals surface area contributed by atoms with E-state index in [1.807, 2.05) is 26.0 Å². The first kappa shape index (κ1) is 15.8. The fourth-order valence-electron chi connectivity index (χ4n) is 2.93. The largest absolute Gasteiger partial charge is 0.494 e. The molecule has 4 nitrogen and oxygen atoms in total. The monoisotopic (exact) mass is 292 g/mol. The molecule has 1 N–H and O–H groups in total. The van der Waals surface area contributed by atoms with E-state index in [1.54, 1.807) is 0 Å². The van der Waals surface area contributed by atoms with Gasteiger partial charge in [-0.15, -0.1) is 0 Å². The zero-order valence-corrected chi connectivity index (χ0v) is 13.1. The third-order valence-corrected chi connectivity index (χ3v) is 3.93. The molecular weight excluding hydrogens is 266 g/mol. The van der Waals surface area contributed by atoms with E-state index in [0.717, 1.165) is 38.2 Å².